The summed E-state index contributed by atoms with van der Waals surface area (Å²) in [5, 5.41) is 0. The van der Waals surface area contributed by atoms with Crippen molar-refractivity contribution in [2.24, 2.45) is 5.92 Å². The van der Waals surface area contributed by atoms with E-state index in [1.54, 1.807) is 0 Å². The number of ether oxygens (including phenoxy) is 3. The van der Waals surface area contributed by atoms with Crippen molar-refractivity contribution in [3.8, 4) is 0 Å². The Morgan fingerprint density at radius 3 is 0.925 bits per heavy atom. The average molecular weight is 751 g/mol. The van der Waals surface area contributed by atoms with Crippen LogP contribution in [-0.4, -0.2) is 37.2 Å². The van der Waals surface area contributed by atoms with Crippen molar-refractivity contribution < 1.29 is 28.6 Å². The summed E-state index contributed by atoms with van der Waals surface area (Å²) in [4.78, 5) is 37.5. The van der Waals surface area contributed by atoms with E-state index < -0.39 is 6.10 Å². The highest BCUT2D eigenvalue weighted by Crippen LogP contribution is 2.16. The fourth-order valence-electron chi connectivity index (χ4n) is 6.98. The largest absolute Gasteiger partial charge is 0.462 e. The Kier molecular flexibility index (Phi) is 40.3. The van der Waals surface area contributed by atoms with Gasteiger partial charge < -0.3 is 14.2 Å². The predicted octanol–water partition coefficient (Wildman–Crippen LogP) is 14.7. The number of esters is 3. The molecule has 0 fully saturated rings. The molecule has 0 bridgehead atoms. The maximum Gasteiger partial charge on any atom is 0.306 e. The molecule has 0 spiro atoms. The zero-order chi connectivity index (χ0) is 38.9. The van der Waals surface area contributed by atoms with Crippen LogP contribution in [0.25, 0.3) is 0 Å². The fraction of sp³-hybridized carbons (Fsp3) is 0.936. The summed E-state index contributed by atoms with van der Waals surface area (Å²) in [5.41, 5.74) is 0. The quantitative estimate of drug-likeness (QED) is 0.0351. The van der Waals surface area contributed by atoms with Crippen molar-refractivity contribution in [2.45, 2.75) is 265 Å². The van der Waals surface area contributed by atoms with E-state index in [0.717, 1.165) is 70.1 Å². The molecule has 0 N–H and O–H groups in total. The zero-order valence-electron chi connectivity index (χ0n) is 36.0. The summed E-state index contributed by atoms with van der Waals surface area (Å²) in [6.07, 6.45) is 41.1. The molecule has 0 aromatic heterocycles. The standard InChI is InChI=1S/C47H90O6/c1-5-7-9-11-12-13-14-17-21-24-27-31-35-39-46(49)52-42-44(41-51-45(48)38-34-29-10-8-6-2)53-47(50)40-36-32-28-25-22-19-16-15-18-20-23-26-30-33-37-43(3)4/h43-44H,5-42H2,1-4H3/t44-/m0/s1. The maximum absolute atomic E-state index is 12.7. The molecule has 6 nitrogen and oxygen atoms in total. The molecule has 0 heterocycles. The van der Waals surface area contributed by atoms with Crippen molar-refractivity contribution >= 4 is 17.9 Å². The molecule has 0 aliphatic rings. The van der Waals surface area contributed by atoms with Gasteiger partial charge >= 0.3 is 17.9 Å². The first kappa shape index (κ1) is 51.4. The van der Waals surface area contributed by atoms with Gasteiger partial charge in [-0.15, -0.1) is 0 Å². The van der Waals surface area contributed by atoms with Gasteiger partial charge in [0.1, 0.15) is 13.2 Å². The minimum atomic E-state index is -0.757. The van der Waals surface area contributed by atoms with Crippen LogP contribution in [-0.2, 0) is 28.6 Å². The lowest BCUT2D eigenvalue weighted by Crippen LogP contribution is -2.30. The van der Waals surface area contributed by atoms with E-state index in [1.807, 2.05) is 0 Å². The molecule has 0 aliphatic heterocycles. The van der Waals surface area contributed by atoms with Crippen molar-refractivity contribution in [1.29, 1.82) is 0 Å². The van der Waals surface area contributed by atoms with E-state index in [9.17, 15) is 14.4 Å². The Balaban J connectivity index is 4.15. The summed E-state index contributed by atoms with van der Waals surface area (Å²) >= 11 is 0. The molecule has 0 amide bonds. The summed E-state index contributed by atoms with van der Waals surface area (Å²) in [6, 6.07) is 0. The van der Waals surface area contributed by atoms with Crippen LogP contribution in [0.2, 0.25) is 0 Å². The smallest absolute Gasteiger partial charge is 0.306 e. The highest BCUT2D eigenvalue weighted by atomic mass is 16.6. The third kappa shape index (κ3) is 41.4. The second-order valence-electron chi connectivity index (χ2n) is 16.5. The Hall–Kier alpha value is -1.59. The number of carbonyl (C=O) groups is 3. The molecule has 1 atom stereocenters. The van der Waals surface area contributed by atoms with Gasteiger partial charge in [0.2, 0.25) is 0 Å². The number of hydrogen-bond acceptors (Lipinski definition) is 6. The second-order valence-corrected chi connectivity index (χ2v) is 16.5. The van der Waals surface area contributed by atoms with Crippen LogP contribution in [0.3, 0.4) is 0 Å². The van der Waals surface area contributed by atoms with Gasteiger partial charge in [0.05, 0.1) is 0 Å². The molecule has 0 aliphatic carbocycles. The molecule has 0 saturated carbocycles. The van der Waals surface area contributed by atoms with Gasteiger partial charge in [-0.25, -0.2) is 0 Å². The van der Waals surface area contributed by atoms with Crippen LogP contribution in [0.15, 0.2) is 0 Å². The van der Waals surface area contributed by atoms with Gasteiger partial charge in [-0.3, -0.25) is 14.4 Å². The molecule has 314 valence electrons. The Labute approximate surface area is 329 Å². The molecule has 6 heteroatoms. The predicted molar refractivity (Wildman–Crippen MR) is 224 cm³/mol. The monoisotopic (exact) mass is 751 g/mol. The number of unbranched alkanes of at least 4 members (excludes halogenated alkanes) is 29. The third-order valence-electron chi connectivity index (χ3n) is 10.5. The molecular formula is C47H90O6. The number of carbonyl (C=O) groups excluding carboxylic acids is 3. The van der Waals surface area contributed by atoms with Crippen LogP contribution in [0.1, 0.15) is 259 Å². The normalized spacial score (nSPS) is 11.9. The second kappa shape index (κ2) is 41.6. The lowest BCUT2D eigenvalue weighted by atomic mass is 10.0. The summed E-state index contributed by atoms with van der Waals surface area (Å²) in [5.74, 6) is -0.0221. The Morgan fingerprint density at radius 1 is 0.358 bits per heavy atom. The van der Waals surface area contributed by atoms with Gasteiger partial charge in [0.15, 0.2) is 6.10 Å². The van der Waals surface area contributed by atoms with E-state index in [0.29, 0.717) is 19.3 Å². The van der Waals surface area contributed by atoms with Gasteiger partial charge in [-0.05, 0) is 25.2 Å². The van der Waals surface area contributed by atoms with Crippen molar-refractivity contribution in [3.63, 3.8) is 0 Å². The topological polar surface area (TPSA) is 78.9 Å². The van der Waals surface area contributed by atoms with Crippen molar-refractivity contribution in [3.05, 3.63) is 0 Å². The van der Waals surface area contributed by atoms with Crippen LogP contribution in [0.4, 0.5) is 0 Å². The molecule has 0 rings (SSSR count). The Morgan fingerprint density at radius 2 is 0.623 bits per heavy atom. The van der Waals surface area contributed by atoms with Crippen molar-refractivity contribution in [2.75, 3.05) is 13.2 Å². The third-order valence-corrected chi connectivity index (χ3v) is 10.5. The lowest BCUT2D eigenvalue weighted by molar-refractivity contribution is -0.167. The van der Waals surface area contributed by atoms with E-state index in [2.05, 4.69) is 27.7 Å². The molecule has 0 aromatic carbocycles. The fourth-order valence-corrected chi connectivity index (χ4v) is 6.98. The summed E-state index contributed by atoms with van der Waals surface area (Å²) in [6.45, 7) is 8.94. The molecule has 0 unspecified atom stereocenters. The minimum Gasteiger partial charge on any atom is -0.462 e. The highest BCUT2D eigenvalue weighted by molar-refractivity contribution is 5.71. The maximum atomic E-state index is 12.7. The van der Waals surface area contributed by atoms with E-state index in [-0.39, 0.29) is 31.1 Å². The SMILES string of the molecule is CCCCCCCCCCCCCCCC(=O)OC[C@H](COC(=O)CCCCCCC)OC(=O)CCCCCCCCCCCCCCCCC(C)C. The molecule has 0 aromatic rings. The minimum absolute atomic E-state index is 0.0644. The lowest BCUT2D eigenvalue weighted by Gasteiger charge is -2.18. The first-order valence-corrected chi connectivity index (χ1v) is 23.4. The van der Waals surface area contributed by atoms with Gasteiger partial charge in [0, 0.05) is 19.3 Å². The van der Waals surface area contributed by atoms with Gasteiger partial charge in [-0.2, -0.15) is 0 Å². The van der Waals surface area contributed by atoms with E-state index >= 15 is 0 Å². The van der Waals surface area contributed by atoms with Crippen LogP contribution < -0.4 is 0 Å². The first-order chi connectivity index (χ1) is 25.9. The Bertz CT molecular complexity index is 796. The van der Waals surface area contributed by atoms with Crippen LogP contribution in [0.5, 0.6) is 0 Å². The van der Waals surface area contributed by atoms with Crippen molar-refractivity contribution in [1.82, 2.24) is 0 Å². The first-order valence-electron chi connectivity index (χ1n) is 23.4. The van der Waals surface area contributed by atoms with E-state index in [1.165, 1.54) is 148 Å². The molecule has 0 saturated heterocycles. The van der Waals surface area contributed by atoms with E-state index in [4.69, 9.17) is 14.2 Å². The average Bonchev–Trinajstić information content (AvgIpc) is 3.14. The zero-order valence-corrected chi connectivity index (χ0v) is 36.0. The summed E-state index contributed by atoms with van der Waals surface area (Å²) in [7, 11) is 0. The number of rotatable bonds is 42. The molecule has 0 radical (unpaired) electrons. The van der Waals surface area contributed by atoms with Gasteiger partial charge in [-0.1, -0.05) is 220 Å². The highest BCUT2D eigenvalue weighted by Gasteiger charge is 2.19. The molecule has 53 heavy (non-hydrogen) atoms. The van der Waals surface area contributed by atoms with Crippen LogP contribution >= 0.6 is 0 Å². The van der Waals surface area contributed by atoms with Gasteiger partial charge in [0.25, 0.3) is 0 Å². The number of hydrogen-bond donors (Lipinski definition) is 0. The summed E-state index contributed by atoms with van der Waals surface area (Å²) < 4.78 is 16.6. The van der Waals surface area contributed by atoms with Crippen LogP contribution in [0, 0.1) is 5.92 Å². The molecular weight excluding hydrogens is 661 g/mol.